The molecule has 1 aliphatic rings. The fourth-order valence-corrected chi connectivity index (χ4v) is 4.30. The van der Waals surface area contributed by atoms with Crippen molar-refractivity contribution >= 4 is 28.5 Å². The standard InChI is InChI=1S/C22H23ClN2O3/c1-2-18(26)20-17(23)8-9-19-21(20)25(22(27)28-19)24-12-10-16(11-13-24)14-15-6-4-3-5-7-15/h3-9,16H,2,10-14H2,1H3. The lowest BCUT2D eigenvalue weighted by Crippen LogP contribution is -2.46. The van der Waals surface area contributed by atoms with Gasteiger partial charge in [-0.25, -0.2) is 4.79 Å². The van der Waals surface area contributed by atoms with Crippen LogP contribution in [0.3, 0.4) is 0 Å². The number of benzene rings is 2. The van der Waals surface area contributed by atoms with Crippen molar-refractivity contribution in [3.63, 3.8) is 0 Å². The lowest BCUT2D eigenvalue weighted by molar-refractivity contribution is 0.0989. The molecule has 4 rings (SSSR count). The van der Waals surface area contributed by atoms with E-state index in [0.717, 1.165) is 32.4 Å². The zero-order valence-corrected chi connectivity index (χ0v) is 16.6. The van der Waals surface area contributed by atoms with Gasteiger partial charge in [0.2, 0.25) is 0 Å². The Morgan fingerprint density at radius 1 is 1.14 bits per heavy atom. The Morgan fingerprint density at radius 2 is 1.86 bits per heavy atom. The van der Waals surface area contributed by atoms with Crippen LogP contribution in [0.25, 0.3) is 11.1 Å². The van der Waals surface area contributed by atoms with Gasteiger partial charge in [-0.3, -0.25) is 4.79 Å². The number of Topliss-reactive ketones (excluding diaryl/α,β-unsaturated/α-hetero) is 1. The molecule has 0 bridgehead atoms. The molecule has 1 saturated heterocycles. The first-order valence-corrected chi connectivity index (χ1v) is 10.1. The van der Waals surface area contributed by atoms with Gasteiger partial charge in [0.25, 0.3) is 0 Å². The molecule has 2 heterocycles. The minimum absolute atomic E-state index is 0.0934. The molecule has 146 valence electrons. The van der Waals surface area contributed by atoms with Gasteiger partial charge in [-0.1, -0.05) is 48.9 Å². The third kappa shape index (κ3) is 3.47. The van der Waals surface area contributed by atoms with Gasteiger partial charge in [0.15, 0.2) is 11.4 Å². The zero-order valence-electron chi connectivity index (χ0n) is 15.9. The Bertz CT molecular complexity index is 1050. The van der Waals surface area contributed by atoms with Gasteiger partial charge in [-0.05, 0) is 42.9 Å². The smallest absolute Gasteiger partial charge is 0.406 e. The van der Waals surface area contributed by atoms with E-state index in [1.165, 1.54) is 10.2 Å². The maximum absolute atomic E-state index is 12.6. The van der Waals surface area contributed by atoms with Crippen molar-refractivity contribution in [2.45, 2.75) is 32.6 Å². The molecular weight excluding hydrogens is 376 g/mol. The summed E-state index contributed by atoms with van der Waals surface area (Å²) in [5, 5.41) is 2.34. The normalized spacial score (nSPS) is 15.3. The highest BCUT2D eigenvalue weighted by Gasteiger charge is 2.26. The van der Waals surface area contributed by atoms with Crippen LogP contribution in [0.5, 0.6) is 0 Å². The molecule has 0 N–H and O–H groups in total. The third-order valence-electron chi connectivity index (χ3n) is 5.51. The van der Waals surface area contributed by atoms with E-state index in [9.17, 15) is 9.59 Å². The van der Waals surface area contributed by atoms with Gasteiger partial charge in [-0.2, -0.15) is 4.68 Å². The molecule has 1 aliphatic heterocycles. The van der Waals surface area contributed by atoms with Gasteiger partial charge >= 0.3 is 5.76 Å². The first kappa shape index (κ1) is 18.8. The number of rotatable bonds is 5. The third-order valence-corrected chi connectivity index (χ3v) is 5.83. The summed E-state index contributed by atoms with van der Waals surface area (Å²) >= 11 is 6.31. The Labute approximate surface area is 168 Å². The van der Waals surface area contributed by atoms with Crippen molar-refractivity contribution < 1.29 is 9.21 Å². The second-order valence-electron chi connectivity index (χ2n) is 7.31. The second kappa shape index (κ2) is 7.84. The average Bonchev–Trinajstić information content (AvgIpc) is 3.05. The predicted octanol–water partition coefficient (Wildman–Crippen LogP) is 4.43. The van der Waals surface area contributed by atoms with Crippen LogP contribution in [0, 0.1) is 5.92 Å². The summed E-state index contributed by atoms with van der Waals surface area (Å²) in [7, 11) is 0. The molecule has 28 heavy (non-hydrogen) atoms. The highest BCUT2D eigenvalue weighted by Crippen LogP contribution is 2.29. The number of nitrogens with zero attached hydrogens (tertiary/aromatic N) is 2. The van der Waals surface area contributed by atoms with E-state index >= 15 is 0 Å². The molecule has 0 radical (unpaired) electrons. The van der Waals surface area contributed by atoms with E-state index in [4.69, 9.17) is 16.0 Å². The van der Waals surface area contributed by atoms with Crippen LogP contribution in [0.2, 0.25) is 5.02 Å². The van der Waals surface area contributed by atoms with E-state index in [-0.39, 0.29) is 5.78 Å². The summed E-state index contributed by atoms with van der Waals surface area (Å²) in [4.78, 5) is 25.1. The van der Waals surface area contributed by atoms with Crippen LogP contribution in [-0.4, -0.2) is 23.5 Å². The topological polar surface area (TPSA) is 55.5 Å². The monoisotopic (exact) mass is 398 g/mol. The number of ketones is 1. The fourth-order valence-electron chi connectivity index (χ4n) is 4.04. The number of oxazole rings is 1. The molecule has 0 spiro atoms. The molecule has 1 fully saturated rings. The number of hydrogen-bond donors (Lipinski definition) is 0. The number of piperidine rings is 1. The summed E-state index contributed by atoms with van der Waals surface area (Å²) in [6, 6.07) is 13.8. The molecule has 0 atom stereocenters. The SMILES string of the molecule is CCC(=O)c1c(Cl)ccc2oc(=O)n(N3CCC(Cc4ccccc4)CC3)c12. The molecule has 1 aromatic heterocycles. The van der Waals surface area contributed by atoms with Crippen LogP contribution in [0.15, 0.2) is 51.7 Å². The molecule has 3 aromatic rings. The maximum atomic E-state index is 12.6. The molecular formula is C22H23ClN2O3. The summed E-state index contributed by atoms with van der Waals surface area (Å²) in [6.07, 6.45) is 3.32. The maximum Gasteiger partial charge on any atom is 0.439 e. The van der Waals surface area contributed by atoms with E-state index in [0.29, 0.717) is 34.0 Å². The van der Waals surface area contributed by atoms with Crippen molar-refractivity contribution in [2.24, 2.45) is 5.92 Å². The lowest BCUT2D eigenvalue weighted by atomic mass is 9.91. The van der Waals surface area contributed by atoms with Crippen LogP contribution in [0.4, 0.5) is 0 Å². The largest absolute Gasteiger partial charge is 0.439 e. The minimum Gasteiger partial charge on any atom is -0.406 e. The van der Waals surface area contributed by atoms with Crippen LogP contribution in [-0.2, 0) is 6.42 Å². The molecule has 0 aliphatic carbocycles. The second-order valence-corrected chi connectivity index (χ2v) is 7.72. The number of fused-ring (bicyclic) bond motifs is 1. The Hall–Kier alpha value is -2.53. The number of aromatic nitrogens is 1. The van der Waals surface area contributed by atoms with Crippen molar-refractivity contribution in [2.75, 3.05) is 18.1 Å². The molecule has 6 heteroatoms. The molecule has 0 saturated carbocycles. The van der Waals surface area contributed by atoms with Crippen molar-refractivity contribution in [1.82, 2.24) is 4.68 Å². The fraction of sp³-hybridized carbons (Fsp3) is 0.364. The Morgan fingerprint density at radius 3 is 2.54 bits per heavy atom. The number of carbonyl (C=O) groups excluding carboxylic acids is 1. The van der Waals surface area contributed by atoms with Crippen molar-refractivity contribution in [3.8, 4) is 0 Å². The number of halogens is 1. The van der Waals surface area contributed by atoms with Gasteiger partial charge in [-0.15, -0.1) is 0 Å². The van der Waals surface area contributed by atoms with Crippen LogP contribution >= 0.6 is 11.6 Å². The van der Waals surface area contributed by atoms with Crippen LogP contribution < -0.4 is 10.8 Å². The van der Waals surface area contributed by atoms with E-state index < -0.39 is 5.76 Å². The summed E-state index contributed by atoms with van der Waals surface area (Å²) < 4.78 is 6.94. The van der Waals surface area contributed by atoms with Crippen molar-refractivity contribution in [1.29, 1.82) is 0 Å². The summed E-state index contributed by atoms with van der Waals surface area (Å²) in [6.45, 7) is 3.26. The summed E-state index contributed by atoms with van der Waals surface area (Å²) in [5.41, 5.74) is 2.61. The van der Waals surface area contributed by atoms with E-state index in [1.807, 2.05) is 11.1 Å². The zero-order chi connectivity index (χ0) is 19.7. The van der Waals surface area contributed by atoms with E-state index in [2.05, 4.69) is 24.3 Å². The van der Waals surface area contributed by atoms with Gasteiger partial charge in [0.1, 0.15) is 5.52 Å². The molecule has 0 amide bonds. The lowest BCUT2D eigenvalue weighted by Gasteiger charge is -2.33. The van der Waals surface area contributed by atoms with Crippen molar-refractivity contribution in [3.05, 3.63) is 69.2 Å². The number of hydrogen-bond acceptors (Lipinski definition) is 4. The number of carbonyl (C=O) groups is 1. The van der Waals surface area contributed by atoms with Gasteiger partial charge in [0.05, 0.1) is 10.6 Å². The van der Waals surface area contributed by atoms with E-state index in [1.54, 1.807) is 19.1 Å². The quantitative estimate of drug-likeness (QED) is 0.596. The van der Waals surface area contributed by atoms with Crippen LogP contribution in [0.1, 0.15) is 42.1 Å². The molecule has 0 unspecified atom stereocenters. The summed E-state index contributed by atoms with van der Waals surface area (Å²) in [5.74, 6) is 0.0147. The predicted molar refractivity (Wildman–Crippen MR) is 111 cm³/mol. The Balaban J connectivity index is 1.62. The van der Waals surface area contributed by atoms with Gasteiger partial charge < -0.3 is 9.43 Å². The molecule has 5 nitrogen and oxygen atoms in total. The highest BCUT2D eigenvalue weighted by atomic mass is 35.5. The molecule has 2 aromatic carbocycles. The highest BCUT2D eigenvalue weighted by molar-refractivity contribution is 6.35. The first-order chi connectivity index (χ1) is 13.6. The van der Waals surface area contributed by atoms with Gasteiger partial charge in [0, 0.05) is 19.5 Å². The first-order valence-electron chi connectivity index (χ1n) is 9.75. The minimum atomic E-state index is -0.469. The average molecular weight is 399 g/mol. The Kier molecular flexibility index (Phi) is 5.27.